The Bertz CT molecular complexity index is 730. The van der Waals surface area contributed by atoms with Crippen molar-refractivity contribution < 1.29 is 19.8 Å². The van der Waals surface area contributed by atoms with E-state index in [1.54, 1.807) is 29.6 Å². The fourth-order valence-corrected chi connectivity index (χ4v) is 3.08. The second kappa shape index (κ2) is 8.70. The number of carboxylic acids is 1. The smallest absolute Gasteiger partial charge is 0.335 e. The highest BCUT2D eigenvalue weighted by Gasteiger charge is 2.14. The van der Waals surface area contributed by atoms with Gasteiger partial charge in [-0.05, 0) is 31.0 Å². The molecule has 1 heterocycles. The van der Waals surface area contributed by atoms with Gasteiger partial charge in [0.2, 0.25) is 5.91 Å². The summed E-state index contributed by atoms with van der Waals surface area (Å²) in [5.74, 6) is -1.14. The maximum Gasteiger partial charge on any atom is 0.335 e. The Morgan fingerprint density at radius 3 is 2.56 bits per heavy atom. The minimum atomic E-state index is -0.942. The van der Waals surface area contributed by atoms with Gasteiger partial charge in [0, 0.05) is 24.9 Å². The molecule has 0 aliphatic carbocycles. The van der Waals surface area contributed by atoms with Crippen molar-refractivity contribution in [2.24, 2.45) is 0 Å². The average Bonchev–Trinajstić information content (AvgIpc) is 3.01. The van der Waals surface area contributed by atoms with Crippen LogP contribution in [0.25, 0.3) is 0 Å². The number of benzene rings is 1. The topological polar surface area (TPSA) is 112 Å². The number of carboxylic acid groups (broad SMARTS) is 1. The third kappa shape index (κ3) is 5.93. The first-order valence-corrected chi connectivity index (χ1v) is 8.70. The van der Waals surface area contributed by atoms with Crippen molar-refractivity contribution in [3.05, 3.63) is 46.5 Å². The maximum atomic E-state index is 11.0. The Hall–Kier alpha value is -2.29. The number of aromatic nitrogens is 1. The molecule has 1 aromatic carbocycles. The molecule has 1 aromatic heterocycles. The second-order valence-electron chi connectivity index (χ2n) is 5.79. The van der Waals surface area contributed by atoms with Gasteiger partial charge >= 0.3 is 5.97 Å². The third-order valence-corrected chi connectivity index (χ3v) is 4.32. The number of nitrogens with one attached hydrogen (secondary N) is 2. The van der Waals surface area contributed by atoms with Gasteiger partial charge in [-0.3, -0.25) is 4.79 Å². The zero-order chi connectivity index (χ0) is 18.4. The summed E-state index contributed by atoms with van der Waals surface area (Å²) in [6, 6.07) is 6.84. The van der Waals surface area contributed by atoms with Gasteiger partial charge in [-0.25, -0.2) is 9.78 Å². The lowest BCUT2D eigenvalue weighted by atomic mass is 10.0. The van der Waals surface area contributed by atoms with Crippen LogP contribution in [0.2, 0.25) is 0 Å². The number of amides is 1. The summed E-state index contributed by atoms with van der Waals surface area (Å²) in [5, 5.41) is 27.1. The van der Waals surface area contributed by atoms with E-state index in [9.17, 15) is 14.7 Å². The van der Waals surface area contributed by atoms with Crippen LogP contribution in [0.1, 0.15) is 41.6 Å². The van der Waals surface area contributed by atoms with Gasteiger partial charge in [-0.1, -0.05) is 12.1 Å². The molecule has 1 amide bonds. The van der Waals surface area contributed by atoms with Gasteiger partial charge in [-0.2, -0.15) is 0 Å². The Morgan fingerprint density at radius 1 is 1.28 bits per heavy atom. The monoisotopic (exact) mass is 363 g/mol. The Morgan fingerprint density at radius 2 is 1.96 bits per heavy atom. The zero-order valence-electron chi connectivity index (χ0n) is 14.0. The molecule has 2 atom stereocenters. The molecule has 0 fully saturated rings. The Balaban J connectivity index is 1.82. The average molecular weight is 363 g/mol. The fraction of sp³-hybridized carbons (Fsp3) is 0.353. The van der Waals surface area contributed by atoms with E-state index < -0.39 is 12.1 Å². The molecule has 0 aliphatic heterocycles. The Kier molecular flexibility index (Phi) is 6.63. The summed E-state index contributed by atoms with van der Waals surface area (Å²) in [4.78, 5) is 26.0. The van der Waals surface area contributed by atoms with Crippen LogP contribution in [-0.2, 0) is 11.2 Å². The number of aliphatic hydroxyl groups is 1. The largest absolute Gasteiger partial charge is 0.478 e. The van der Waals surface area contributed by atoms with Crippen molar-refractivity contribution in [1.29, 1.82) is 0 Å². The van der Waals surface area contributed by atoms with E-state index >= 15 is 0 Å². The van der Waals surface area contributed by atoms with Crippen LogP contribution in [0.5, 0.6) is 0 Å². The predicted octanol–water partition coefficient (Wildman–Crippen LogP) is 2.05. The molecule has 2 rings (SSSR count). The molecule has 25 heavy (non-hydrogen) atoms. The summed E-state index contributed by atoms with van der Waals surface area (Å²) in [5.41, 5.74) is 1.79. The molecule has 0 spiro atoms. The van der Waals surface area contributed by atoms with Crippen molar-refractivity contribution in [2.45, 2.75) is 32.4 Å². The summed E-state index contributed by atoms with van der Waals surface area (Å²) in [7, 11) is 0. The number of hydrogen-bond donors (Lipinski definition) is 4. The van der Waals surface area contributed by atoms with Crippen molar-refractivity contribution in [1.82, 2.24) is 10.3 Å². The molecule has 7 nitrogen and oxygen atoms in total. The standard InChI is InChI=1S/C17H21N3O4S/c1-10(7-12-3-5-13(6-4-12)16(23)24)18-8-15(22)14-9-25-17(20-14)19-11(2)21/h3-6,9-10,15,18,22H,7-8H2,1-2H3,(H,23,24)(H,19,20,21). The van der Waals surface area contributed by atoms with Gasteiger partial charge in [-0.15, -0.1) is 11.3 Å². The van der Waals surface area contributed by atoms with Crippen LogP contribution in [-0.4, -0.2) is 39.7 Å². The number of thiazole rings is 1. The van der Waals surface area contributed by atoms with Crippen molar-refractivity contribution in [3.63, 3.8) is 0 Å². The van der Waals surface area contributed by atoms with E-state index in [0.717, 1.165) is 5.56 Å². The van der Waals surface area contributed by atoms with Crippen LogP contribution in [0.4, 0.5) is 5.13 Å². The van der Waals surface area contributed by atoms with E-state index in [1.807, 2.05) is 6.92 Å². The van der Waals surface area contributed by atoms with E-state index in [1.165, 1.54) is 18.3 Å². The molecule has 8 heteroatoms. The first kappa shape index (κ1) is 19.0. The van der Waals surface area contributed by atoms with Crippen LogP contribution < -0.4 is 10.6 Å². The molecule has 0 radical (unpaired) electrons. The molecule has 0 aliphatic rings. The Labute approximate surface area is 149 Å². The SMILES string of the molecule is CC(=O)Nc1nc(C(O)CNC(C)Cc2ccc(C(=O)O)cc2)cs1. The first-order chi connectivity index (χ1) is 11.8. The number of rotatable bonds is 8. The van der Waals surface area contributed by atoms with Crippen LogP contribution in [0.15, 0.2) is 29.6 Å². The van der Waals surface area contributed by atoms with Crippen LogP contribution in [0.3, 0.4) is 0 Å². The molecule has 2 unspecified atom stereocenters. The lowest BCUT2D eigenvalue weighted by Crippen LogP contribution is -2.32. The summed E-state index contributed by atoms with van der Waals surface area (Å²) in [6.07, 6.45) is -0.0588. The number of aromatic carboxylic acids is 1. The molecule has 0 saturated heterocycles. The highest BCUT2D eigenvalue weighted by atomic mass is 32.1. The van der Waals surface area contributed by atoms with E-state index in [-0.39, 0.29) is 17.5 Å². The van der Waals surface area contributed by atoms with Crippen LogP contribution >= 0.6 is 11.3 Å². The number of nitrogens with zero attached hydrogens (tertiary/aromatic N) is 1. The number of aliphatic hydroxyl groups excluding tert-OH is 1. The van der Waals surface area contributed by atoms with Crippen molar-refractivity contribution in [2.75, 3.05) is 11.9 Å². The number of carbonyl (C=O) groups is 2. The number of hydrogen-bond acceptors (Lipinski definition) is 6. The van der Waals surface area contributed by atoms with E-state index in [0.29, 0.717) is 23.8 Å². The van der Waals surface area contributed by atoms with Gasteiger partial charge in [0.15, 0.2) is 5.13 Å². The minimum absolute atomic E-state index is 0.0961. The second-order valence-corrected chi connectivity index (χ2v) is 6.65. The molecule has 134 valence electrons. The lowest BCUT2D eigenvalue weighted by molar-refractivity contribution is -0.114. The highest BCUT2D eigenvalue weighted by molar-refractivity contribution is 7.13. The van der Waals surface area contributed by atoms with Gasteiger partial charge < -0.3 is 20.8 Å². The minimum Gasteiger partial charge on any atom is -0.478 e. The summed E-state index contributed by atoms with van der Waals surface area (Å²) >= 11 is 1.27. The van der Waals surface area contributed by atoms with Gasteiger partial charge in [0.05, 0.1) is 11.3 Å². The maximum absolute atomic E-state index is 11.0. The number of anilines is 1. The van der Waals surface area contributed by atoms with Gasteiger partial charge in [0.25, 0.3) is 0 Å². The molecular formula is C17H21N3O4S. The molecule has 0 bridgehead atoms. The normalized spacial score (nSPS) is 13.2. The highest BCUT2D eigenvalue weighted by Crippen LogP contribution is 2.20. The van der Waals surface area contributed by atoms with Crippen molar-refractivity contribution in [3.8, 4) is 0 Å². The molecule has 2 aromatic rings. The first-order valence-electron chi connectivity index (χ1n) is 7.82. The lowest BCUT2D eigenvalue weighted by Gasteiger charge is -2.16. The van der Waals surface area contributed by atoms with E-state index in [2.05, 4.69) is 15.6 Å². The summed E-state index contributed by atoms with van der Waals surface area (Å²) < 4.78 is 0. The molecule has 0 saturated carbocycles. The molecule has 4 N–H and O–H groups in total. The zero-order valence-corrected chi connectivity index (χ0v) is 14.8. The van der Waals surface area contributed by atoms with Gasteiger partial charge in [0.1, 0.15) is 6.10 Å². The van der Waals surface area contributed by atoms with E-state index in [4.69, 9.17) is 5.11 Å². The predicted molar refractivity (Wildman–Crippen MR) is 95.9 cm³/mol. The van der Waals surface area contributed by atoms with Crippen LogP contribution in [0, 0.1) is 0 Å². The third-order valence-electron chi connectivity index (χ3n) is 3.55. The fourth-order valence-electron chi connectivity index (χ4n) is 2.27. The number of carbonyl (C=O) groups excluding carboxylic acids is 1. The summed E-state index contributed by atoms with van der Waals surface area (Å²) in [6.45, 7) is 3.73. The quantitative estimate of drug-likeness (QED) is 0.571. The van der Waals surface area contributed by atoms with Crippen molar-refractivity contribution >= 4 is 28.3 Å². The molecular weight excluding hydrogens is 342 g/mol.